The van der Waals surface area contributed by atoms with E-state index in [1.807, 2.05) is 0 Å². The molecule has 0 aliphatic carbocycles. The average Bonchev–Trinajstić information content (AvgIpc) is 2.78. The Bertz CT molecular complexity index is 1310. The lowest BCUT2D eigenvalue weighted by atomic mass is 10.1. The Balaban J connectivity index is 1.44. The highest BCUT2D eigenvalue weighted by atomic mass is 19.4. The summed E-state index contributed by atoms with van der Waals surface area (Å²) in [6, 6.07) is 7.92. The molecule has 2 aromatic carbocycles. The number of ether oxygens (including phenoxy) is 1. The van der Waals surface area contributed by atoms with Gasteiger partial charge < -0.3 is 10.1 Å². The minimum atomic E-state index is -4.60. The summed E-state index contributed by atoms with van der Waals surface area (Å²) in [5, 5.41) is 2.96. The van der Waals surface area contributed by atoms with E-state index in [0.717, 1.165) is 36.4 Å². The quantitative estimate of drug-likeness (QED) is 0.384. The largest absolute Gasteiger partial charge is 0.439 e. The van der Waals surface area contributed by atoms with Crippen molar-refractivity contribution in [2.75, 3.05) is 11.9 Å². The number of benzene rings is 2. The van der Waals surface area contributed by atoms with E-state index in [9.17, 15) is 22.0 Å². The molecule has 0 bridgehead atoms. The number of nitrogens with zero attached hydrogens (tertiary/aromatic N) is 4. The SMILES string of the molecule is Cc1cc(CCNc2ncnc3c(F)ccc(F)c23)ccc1Oc1cc(C(F)(F)F)ncn1. The monoisotopic (exact) mass is 461 g/mol. The van der Waals surface area contributed by atoms with E-state index in [1.54, 1.807) is 25.1 Å². The summed E-state index contributed by atoms with van der Waals surface area (Å²) in [6.45, 7) is 2.11. The number of aromatic nitrogens is 4. The maximum Gasteiger partial charge on any atom is 0.433 e. The van der Waals surface area contributed by atoms with Crippen LogP contribution in [0.3, 0.4) is 0 Å². The Labute approximate surface area is 184 Å². The zero-order valence-corrected chi connectivity index (χ0v) is 17.1. The predicted octanol–water partition coefficient (Wildman–Crippen LogP) is 5.47. The van der Waals surface area contributed by atoms with Crippen molar-refractivity contribution in [1.82, 2.24) is 19.9 Å². The van der Waals surface area contributed by atoms with Crippen LogP contribution < -0.4 is 10.1 Å². The molecule has 4 aromatic rings. The Morgan fingerprint density at radius 3 is 2.42 bits per heavy atom. The van der Waals surface area contributed by atoms with Gasteiger partial charge in [0.25, 0.3) is 0 Å². The van der Waals surface area contributed by atoms with E-state index in [2.05, 4.69) is 25.3 Å². The smallest absolute Gasteiger partial charge is 0.433 e. The summed E-state index contributed by atoms with van der Waals surface area (Å²) in [5.74, 6) is -0.977. The summed E-state index contributed by atoms with van der Waals surface area (Å²) >= 11 is 0. The molecule has 33 heavy (non-hydrogen) atoms. The Hall–Kier alpha value is -3.89. The van der Waals surface area contributed by atoms with Crippen LogP contribution in [0.4, 0.5) is 27.8 Å². The number of nitrogens with one attached hydrogen (secondary N) is 1. The topological polar surface area (TPSA) is 72.8 Å². The fraction of sp³-hybridized carbons (Fsp3) is 0.182. The molecular formula is C22H16F5N5O. The van der Waals surface area contributed by atoms with Gasteiger partial charge >= 0.3 is 6.18 Å². The zero-order valence-electron chi connectivity index (χ0n) is 17.1. The summed E-state index contributed by atoms with van der Waals surface area (Å²) in [4.78, 5) is 14.7. The van der Waals surface area contributed by atoms with Crippen LogP contribution in [0.2, 0.25) is 0 Å². The lowest BCUT2D eigenvalue weighted by Crippen LogP contribution is -2.09. The van der Waals surface area contributed by atoms with Crippen molar-refractivity contribution in [3.8, 4) is 11.6 Å². The van der Waals surface area contributed by atoms with Gasteiger partial charge in [-0.3, -0.25) is 0 Å². The molecule has 11 heteroatoms. The van der Waals surface area contributed by atoms with Crippen molar-refractivity contribution in [2.45, 2.75) is 19.5 Å². The van der Waals surface area contributed by atoms with Crippen LogP contribution in [0, 0.1) is 18.6 Å². The zero-order chi connectivity index (χ0) is 23.6. The maximum absolute atomic E-state index is 14.2. The Morgan fingerprint density at radius 2 is 1.67 bits per heavy atom. The summed E-state index contributed by atoms with van der Waals surface area (Å²) in [6.07, 6.45) is -2.15. The number of anilines is 1. The first-order chi connectivity index (χ1) is 15.7. The van der Waals surface area contributed by atoms with E-state index < -0.39 is 23.5 Å². The molecule has 0 amide bonds. The van der Waals surface area contributed by atoms with Crippen LogP contribution in [-0.4, -0.2) is 26.5 Å². The molecule has 0 saturated heterocycles. The van der Waals surface area contributed by atoms with Crippen LogP contribution in [0.15, 0.2) is 49.1 Å². The van der Waals surface area contributed by atoms with Crippen molar-refractivity contribution in [3.63, 3.8) is 0 Å². The van der Waals surface area contributed by atoms with Crippen LogP contribution >= 0.6 is 0 Å². The number of hydrogen-bond donors (Lipinski definition) is 1. The molecule has 1 N–H and O–H groups in total. The molecule has 0 aliphatic heterocycles. The van der Waals surface area contributed by atoms with Crippen molar-refractivity contribution >= 4 is 16.7 Å². The first-order valence-electron chi connectivity index (χ1n) is 9.71. The minimum absolute atomic E-state index is 0.0273. The molecule has 0 atom stereocenters. The number of aryl methyl sites for hydroxylation is 1. The highest BCUT2D eigenvalue weighted by Crippen LogP contribution is 2.31. The van der Waals surface area contributed by atoms with Crippen molar-refractivity contribution in [3.05, 3.63) is 77.5 Å². The summed E-state index contributed by atoms with van der Waals surface area (Å²) in [5.41, 5.74) is 0.362. The van der Waals surface area contributed by atoms with E-state index in [0.29, 0.717) is 24.3 Å². The van der Waals surface area contributed by atoms with Crippen molar-refractivity contribution < 1.29 is 26.7 Å². The second kappa shape index (κ2) is 8.93. The van der Waals surface area contributed by atoms with E-state index in [4.69, 9.17) is 4.74 Å². The van der Waals surface area contributed by atoms with Gasteiger partial charge in [-0.1, -0.05) is 12.1 Å². The molecule has 170 valence electrons. The summed E-state index contributed by atoms with van der Waals surface area (Å²) in [7, 11) is 0. The van der Waals surface area contributed by atoms with Gasteiger partial charge in [0.1, 0.15) is 41.4 Å². The molecule has 0 saturated carbocycles. The molecule has 2 heterocycles. The number of alkyl halides is 3. The third-order valence-corrected chi connectivity index (χ3v) is 4.78. The second-order valence-electron chi connectivity index (χ2n) is 7.09. The van der Waals surface area contributed by atoms with Gasteiger partial charge in [0, 0.05) is 12.6 Å². The molecule has 0 aliphatic rings. The second-order valence-corrected chi connectivity index (χ2v) is 7.09. The molecule has 6 nitrogen and oxygen atoms in total. The fourth-order valence-corrected chi connectivity index (χ4v) is 3.21. The lowest BCUT2D eigenvalue weighted by molar-refractivity contribution is -0.141. The van der Waals surface area contributed by atoms with E-state index in [1.165, 1.54) is 0 Å². The molecule has 0 unspecified atom stereocenters. The van der Waals surface area contributed by atoms with Gasteiger partial charge in [-0.05, 0) is 42.7 Å². The molecular weight excluding hydrogens is 445 g/mol. The highest BCUT2D eigenvalue weighted by Gasteiger charge is 2.33. The molecule has 0 fully saturated rings. The van der Waals surface area contributed by atoms with Gasteiger partial charge in [-0.25, -0.2) is 28.7 Å². The van der Waals surface area contributed by atoms with Gasteiger partial charge in [0.2, 0.25) is 5.88 Å². The highest BCUT2D eigenvalue weighted by molar-refractivity contribution is 5.89. The average molecular weight is 461 g/mol. The van der Waals surface area contributed by atoms with Crippen LogP contribution in [-0.2, 0) is 12.6 Å². The minimum Gasteiger partial charge on any atom is -0.439 e. The van der Waals surface area contributed by atoms with Crippen LogP contribution in [0.25, 0.3) is 10.9 Å². The van der Waals surface area contributed by atoms with Crippen LogP contribution in [0.5, 0.6) is 11.6 Å². The third kappa shape index (κ3) is 4.97. The number of hydrogen-bond acceptors (Lipinski definition) is 6. The van der Waals surface area contributed by atoms with E-state index >= 15 is 0 Å². The Kier molecular flexibility index (Phi) is 6.03. The van der Waals surface area contributed by atoms with Gasteiger partial charge in [-0.2, -0.15) is 13.2 Å². The van der Waals surface area contributed by atoms with Gasteiger partial charge in [0.05, 0.1) is 5.39 Å². The molecule has 4 rings (SSSR count). The molecule has 0 radical (unpaired) electrons. The number of halogens is 5. The maximum atomic E-state index is 14.2. The van der Waals surface area contributed by atoms with Gasteiger partial charge in [0.15, 0.2) is 5.69 Å². The normalized spacial score (nSPS) is 11.6. The first-order valence-corrected chi connectivity index (χ1v) is 9.71. The number of fused-ring (bicyclic) bond motifs is 1. The fourth-order valence-electron chi connectivity index (χ4n) is 3.21. The lowest BCUT2D eigenvalue weighted by Gasteiger charge is -2.12. The Morgan fingerprint density at radius 1 is 0.909 bits per heavy atom. The first kappa shape index (κ1) is 22.3. The number of rotatable bonds is 6. The van der Waals surface area contributed by atoms with Crippen molar-refractivity contribution in [1.29, 1.82) is 0 Å². The molecule has 0 spiro atoms. The summed E-state index contributed by atoms with van der Waals surface area (Å²) < 4.78 is 72.0. The van der Waals surface area contributed by atoms with Crippen molar-refractivity contribution in [2.24, 2.45) is 0 Å². The van der Waals surface area contributed by atoms with E-state index in [-0.39, 0.29) is 22.6 Å². The predicted molar refractivity (Wildman–Crippen MR) is 110 cm³/mol. The molecule has 2 aromatic heterocycles. The third-order valence-electron chi connectivity index (χ3n) is 4.78. The standard InChI is InChI=1S/C22H16F5N5O/c1-12-8-13(2-5-16(12)33-18-9-17(22(25,26)27)29-10-30-18)6-7-28-21-19-14(23)3-4-15(24)20(19)31-11-32-21/h2-5,8-11H,6-7H2,1H3,(H,28,31,32). The van der Waals surface area contributed by atoms with Crippen LogP contribution in [0.1, 0.15) is 16.8 Å². The van der Waals surface area contributed by atoms with Gasteiger partial charge in [-0.15, -0.1) is 0 Å².